The van der Waals surface area contributed by atoms with Crippen molar-refractivity contribution in [1.82, 2.24) is 20.4 Å². The molecule has 2 aromatic carbocycles. The van der Waals surface area contributed by atoms with Crippen LogP contribution in [0.1, 0.15) is 12.0 Å². The van der Waals surface area contributed by atoms with Crippen LogP contribution >= 0.6 is 11.6 Å². The summed E-state index contributed by atoms with van der Waals surface area (Å²) in [5.74, 6) is -0.988. The number of para-hydroxylation sites is 1. The molecule has 1 amide bonds. The third-order valence-electron chi connectivity index (χ3n) is 3.64. The molecule has 2 N–H and O–H groups in total. The minimum absolute atomic E-state index is 0.0109. The van der Waals surface area contributed by atoms with Crippen molar-refractivity contribution < 1.29 is 14.8 Å². The molecule has 0 saturated heterocycles. The van der Waals surface area contributed by atoms with Gasteiger partial charge in [-0.15, -0.1) is 5.10 Å². The number of nitrogens with one attached hydrogen (secondary N) is 1. The van der Waals surface area contributed by atoms with Gasteiger partial charge in [-0.2, -0.15) is 5.10 Å². The zero-order chi connectivity index (χ0) is 19.4. The number of aryl methyl sites for hydroxylation is 1. The Hall–Kier alpha value is -3.53. The molecule has 3 aromatic rings. The van der Waals surface area contributed by atoms with Gasteiger partial charge < -0.3 is 5.11 Å². The van der Waals surface area contributed by atoms with Gasteiger partial charge in [0.15, 0.2) is 0 Å². The van der Waals surface area contributed by atoms with Crippen LogP contribution in [-0.2, 0) is 11.3 Å². The molecule has 10 nitrogen and oxygen atoms in total. The summed E-state index contributed by atoms with van der Waals surface area (Å²) in [4.78, 5) is 22.0. The second-order valence-electron chi connectivity index (χ2n) is 5.46. The van der Waals surface area contributed by atoms with Crippen LogP contribution in [0.3, 0.4) is 0 Å². The highest BCUT2D eigenvalue weighted by atomic mass is 35.5. The molecule has 0 radical (unpaired) electrons. The van der Waals surface area contributed by atoms with Gasteiger partial charge in [-0.3, -0.25) is 14.9 Å². The van der Waals surface area contributed by atoms with Gasteiger partial charge in [-0.25, -0.2) is 10.1 Å². The molecule has 11 heteroatoms. The number of amides is 1. The number of rotatable bonds is 6. The van der Waals surface area contributed by atoms with Crippen molar-refractivity contribution in [3.63, 3.8) is 0 Å². The number of hydrogen-bond donors (Lipinski definition) is 2. The maximum absolute atomic E-state index is 11.9. The van der Waals surface area contributed by atoms with Crippen LogP contribution in [0.2, 0.25) is 5.02 Å². The summed E-state index contributed by atoms with van der Waals surface area (Å²) in [6, 6.07) is 9.68. The third kappa shape index (κ3) is 4.18. The van der Waals surface area contributed by atoms with Crippen molar-refractivity contribution >= 4 is 40.4 Å². The zero-order valence-electron chi connectivity index (χ0n) is 13.7. The number of phenolic OH excluding ortho intramolecular Hbond substituents is 1. The third-order valence-corrected chi connectivity index (χ3v) is 3.86. The van der Waals surface area contributed by atoms with E-state index in [1.807, 2.05) is 24.3 Å². The van der Waals surface area contributed by atoms with Crippen molar-refractivity contribution in [2.24, 2.45) is 5.10 Å². The van der Waals surface area contributed by atoms with Gasteiger partial charge in [0.2, 0.25) is 11.7 Å². The molecule has 138 valence electrons. The summed E-state index contributed by atoms with van der Waals surface area (Å²) >= 11 is 5.78. The molecule has 0 bridgehead atoms. The van der Waals surface area contributed by atoms with E-state index in [1.165, 1.54) is 6.07 Å². The van der Waals surface area contributed by atoms with Crippen LogP contribution in [0.15, 0.2) is 41.5 Å². The van der Waals surface area contributed by atoms with Gasteiger partial charge in [0.25, 0.3) is 0 Å². The SMILES string of the molecule is O=C(CCn1nnc2ccccc21)N/N=C\c1cc(Cl)cc([N+](=O)[O-])c1O. The van der Waals surface area contributed by atoms with E-state index in [0.717, 1.165) is 23.3 Å². The van der Waals surface area contributed by atoms with Gasteiger partial charge in [0.1, 0.15) is 5.52 Å². The molecule has 3 rings (SSSR count). The normalized spacial score (nSPS) is 11.1. The van der Waals surface area contributed by atoms with Gasteiger partial charge in [-0.1, -0.05) is 28.9 Å². The topological polar surface area (TPSA) is 136 Å². The molecule has 0 aliphatic carbocycles. The molecular formula is C16H13ClN6O4. The number of carbonyl (C=O) groups is 1. The summed E-state index contributed by atoms with van der Waals surface area (Å²) in [6.07, 6.45) is 1.17. The molecule has 0 unspecified atom stereocenters. The van der Waals surface area contributed by atoms with E-state index in [1.54, 1.807) is 4.68 Å². The molecule has 0 spiro atoms. The first-order chi connectivity index (χ1) is 13.0. The number of nitrogens with zero attached hydrogens (tertiary/aromatic N) is 5. The number of aromatic hydroxyl groups is 1. The quantitative estimate of drug-likeness (QED) is 0.377. The molecular weight excluding hydrogens is 376 g/mol. The fourth-order valence-electron chi connectivity index (χ4n) is 2.36. The monoisotopic (exact) mass is 388 g/mol. The van der Waals surface area contributed by atoms with E-state index in [4.69, 9.17) is 11.6 Å². The Bertz CT molecular complexity index is 1050. The number of fused-ring (bicyclic) bond motifs is 1. The first-order valence-electron chi connectivity index (χ1n) is 7.72. The van der Waals surface area contributed by atoms with Crippen LogP contribution in [0.25, 0.3) is 11.0 Å². The Morgan fingerprint density at radius 3 is 2.96 bits per heavy atom. The second-order valence-corrected chi connectivity index (χ2v) is 5.90. The van der Waals surface area contributed by atoms with Gasteiger partial charge in [-0.05, 0) is 18.2 Å². The minimum atomic E-state index is -0.764. The second kappa shape index (κ2) is 7.79. The largest absolute Gasteiger partial charge is 0.502 e. The lowest BCUT2D eigenvalue weighted by molar-refractivity contribution is -0.385. The molecule has 1 heterocycles. The van der Waals surface area contributed by atoms with E-state index in [-0.39, 0.29) is 17.0 Å². The first-order valence-corrected chi connectivity index (χ1v) is 8.10. The lowest BCUT2D eigenvalue weighted by atomic mass is 10.2. The Morgan fingerprint density at radius 1 is 1.41 bits per heavy atom. The van der Waals surface area contributed by atoms with Crippen LogP contribution < -0.4 is 5.43 Å². The summed E-state index contributed by atoms with van der Waals surface area (Å²) in [5, 5.41) is 32.4. The highest BCUT2D eigenvalue weighted by molar-refractivity contribution is 6.31. The predicted molar refractivity (Wildman–Crippen MR) is 97.7 cm³/mol. The van der Waals surface area contributed by atoms with E-state index >= 15 is 0 Å². The van der Waals surface area contributed by atoms with E-state index < -0.39 is 22.3 Å². The molecule has 0 atom stereocenters. The zero-order valence-corrected chi connectivity index (χ0v) is 14.5. The Balaban J connectivity index is 1.62. The lowest BCUT2D eigenvalue weighted by Crippen LogP contribution is -2.19. The van der Waals surface area contributed by atoms with Crippen molar-refractivity contribution in [3.8, 4) is 5.75 Å². The number of benzene rings is 2. The molecule has 0 fully saturated rings. The number of phenols is 1. The van der Waals surface area contributed by atoms with E-state index in [2.05, 4.69) is 20.8 Å². The van der Waals surface area contributed by atoms with Crippen molar-refractivity contribution in [1.29, 1.82) is 0 Å². The fourth-order valence-corrected chi connectivity index (χ4v) is 2.58. The smallest absolute Gasteiger partial charge is 0.312 e. The van der Waals surface area contributed by atoms with Gasteiger partial charge in [0, 0.05) is 23.1 Å². The molecule has 0 aliphatic heterocycles. The van der Waals surface area contributed by atoms with Crippen molar-refractivity contribution in [2.75, 3.05) is 0 Å². The number of nitro groups is 1. The number of hydrogen-bond acceptors (Lipinski definition) is 7. The summed E-state index contributed by atoms with van der Waals surface area (Å²) in [5.41, 5.74) is 3.29. The average molecular weight is 389 g/mol. The maximum atomic E-state index is 11.9. The Kier molecular flexibility index (Phi) is 5.27. The molecule has 27 heavy (non-hydrogen) atoms. The first kappa shape index (κ1) is 18.3. The number of nitro benzene ring substituents is 1. The Labute approximate surface area is 157 Å². The van der Waals surface area contributed by atoms with Crippen molar-refractivity contribution in [3.05, 3.63) is 57.1 Å². The number of carbonyl (C=O) groups excluding carboxylic acids is 1. The average Bonchev–Trinajstić information content (AvgIpc) is 3.05. The van der Waals surface area contributed by atoms with E-state index in [9.17, 15) is 20.0 Å². The summed E-state index contributed by atoms with van der Waals surface area (Å²) in [7, 11) is 0. The Morgan fingerprint density at radius 2 is 2.19 bits per heavy atom. The highest BCUT2D eigenvalue weighted by Gasteiger charge is 2.17. The predicted octanol–water partition coefficient (Wildman–Crippen LogP) is 2.24. The maximum Gasteiger partial charge on any atom is 0.312 e. The fraction of sp³-hybridized carbons (Fsp3) is 0.125. The van der Waals surface area contributed by atoms with Crippen LogP contribution in [0.4, 0.5) is 5.69 Å². The van der Waals surface area contributed by atoms with Crippen LogP contribution in [-0.4, -0.2) is 37.1 Å². The summed E-state index contributed by atoms with van der Waals surface area (Å²) < 4.78 is 1.60. The van der Waals surface area contributed by atoms with Gasteiger partial charge >= 0.3 is 5.69 Å². The number of halogens is 1. The molecule has 0 aliphatic rings. The molecule has 0 saturated carbocycles. The van der Waals surface area contributed by atoms with E-state index in [0.29, 0.717) is 6.54 Å². The highest BCUT2D eigenvalue weighted by Crippen LogP contribution is 2.32. The molecule has 1 aromatic heterocycles. The number of hydrazone groups is 1. The van der Waals surface area contributed by atoms with Crippen molar-refractivity contribution in [2.45, 2.75) is 13.0 Å². The number of aromatic nitrogens is 3. The van der Waals surface area contributed by atoms with Gasteiger partial charge in [0.05, 0.1) is 23.2 Å². The standard InChI is InChI=1S/C16H13ClN6O4/c17-11-7-10(16(25)14(8-11)23(26)27)9-18-20-15(24)5-6-22-13-4-2-1-3-12(13)19-21-22/h1-4,7-9,25H,5-6H2,(H,20,24)/b18-9-. The van der Waals surface area contributed by atoms with Crippen LogP contribution in [0, 0.1) is 10.1 Å². The lowest BCUT2D eigenvalue weighted by Gasteiger charge is -2.03. The summed E-state index contributed by atoms with van der Waals surface area (Å²) in [6.45, 7) is 0.301. The van der Waals surface area contributed by atoms with Crippen LogP contribution in [0.5, 0.6) is 5.75 Å². The minimum Gasteiger partial charge on any atom is -0.502 e.